The number of ether oxygens (including phenoxy) is 3. The monoisotopic (exact) mass is 330 g/mol. The Morgan fingerprint density at radius 1 is 1.26 bits per heavy atom. The van der Waals surface area contributed by atoms with Crippen molar-refractivity contribution in [2.45, 2.75) is 64.7 Å². The van der Waals surface area contributed by atoms with E-state index in [0.717, 1.165) is 19.6 Å². The van der Waals surface area contributed by atoms with E-state index in [-0.39, 0.29) is 17.2 Å². The lowest BCUT2D eigenvalue weighted by atomic mass is 10.0. The largest absolute Gasteiger partial charge is 0.444 e. The fourth-order valence-electron chi connectivity index (χ4n) is 2.49. The van der Waals surface area contributed by atoms with E-state index >= 15 is 0 Å². The van der Waals surface area contributed by atoms with Crippen LogP contribution in [0, 0.1) is 0 Å². The summed E-state index contributed by atoms with van der Waals surface area (Å²) in [7, 11) is 1.72. The Morgan fingerprint density at radius 2 is 1.91 bits per heavy atom. The topological polar surface area (TPSA) is 60.0 Å². The van der Waals surface area contributed by atoms with Crippen LogP contribution in [0.5, 0.6) is 0 Å². The van der Waals surface area contributed by atoms with Crippen LogP contribution in [0.4, 0.5) is 4.79 Å². The molecule has 1 atom stereocenters. The molecular weight excluding hydrogens is 296 g/mol. The highest BCUT2D eigenvalue weighted by atomic mass is 16.6. The number of amides is 1. The molecule has 0 aromatic rings. The molecule has 1 aliphatic heterocycles. The molecule has 1 aliphatic rings. The average molecular weight is 330 g/mol. The molecular formula is C17H34N2O4. The molecule has 1 fully saturated rings. The van der Waals surface area contributed by atoms with Crippen molar-refractivity contribution < 1.29 is 19.0 Å². The Bertz CT molecular complexity index is 379. The number of carbonyl (C=O) groups is 1. The second-order valence-electron chi connectivity index (χ2n) is 8.17. The first-order valence-corrected chi connectivity index (χ1v) is 8.33. The van der Waals surface area contributed by atoms with E-state index in [2.05, 4.69) is 5.32 Å². The van der Waals surface area contributed by atoms with E-state index < -0.39 is 5.60 Å². The lowest BCUT2D eigenvalue weighted by molar-refractivity contribution is -0.0170. The summed E-state index contributed by atoms with van der Waals surface area (Å²) in [6.07, 6.45) is 0.614. The van der Waals surface area contributed by atoms with Crippen LogP contribution in [0.25, 0.3) is 0 Å². The third-order valence-corrected chi connectivity index (χ3v) is 3.88. The number of hydrogen-bond acceptors (Lipinski definition) is 5. The molecule has 0 spiro atoms. The van der Waals surface area contributed by atoms with E-state index in [1.165, 1.54) is 0 Å². The van der Waals surface area contributed by atoms with Crippen LogP contribution >= 0.6 is 0 Å². The van der Waals surface area contributed by atoms with Gasteiger partial charge in [-0.05, 0) is 41.5 Å². The molecule has 1 heterocycles. The number of nitrogens with zero attached hydrogens (tertiary/aromatic N) is 1. The number of rotatable bonds is 6. The van der Waals surface area contributed by atoms with Crippen LogP contribution < -0.4 is 5.32 Å². The number of methoxy groups -OCH3 is 1. The molecule has 1 saturated heterocycles. The zero-order chi connectivity index (χ0) is 17.7. The zero-order valence-electron chi connectivity index (χ0n) is 15.8. The smallest absolute Gasteiger partial charge is 0.410 e. The first kappa shape index (κ1) is 20.2. The highest BCUT2D eigenvalue weighted by Gasteiger charge is 2.35. The van der Waals surface area contributed by atoms with Gasteiger partial charge in [0.15, 0.2) is 0 Å². The van der Waals surface area contributed by atoms with Gasteiger partial charge in [-0.3, -0.25) is 0 Å². The first-order chi connectivity index (χ1) is 10.5. The predicted molar refractivity (Wildman–Crippen MR) is 90.7 cm³/mol. The van der Waals surface area contributed by atoms with Gasteiger partial charge in [0.05, 0.1) is 6.61 Å². The first-order valence-electron chi connectivity index (χ1n) is 8.33. The summed E-state index contributed by atoms with van der Waals surface area (Å²) in [5.41, 5.74) is -1.02. The van der Waals surface area contributed by atoms with Gasteiger partial charge in [0.1, 0.15) is 11.2 Å². The standard InChI is InChI=1S/C17H34N2O4/c1-15(2,3)19(14(20)23-16(4,5)6)10-9-18-12-17(21-7)8-11-22-13-17/h18H,8-13H2,1-7H3. The molecule has 0 aromatic heterocycles. The number of carbonyl (C=O) groups excluding carboxylic acids is 1. The van der Waals surface area contributed by atoms with Gasteiger partial charge < -0.3 is 24.4 Å². The molecule has 0 saturated carbocycles. The summed E-state index contributed by atoms with van der Waals surface area (Å²) in [5.74, 6) is 0. The fourth-order valence-corrected chi connectivity index (χ4v) is 2.49. The molecule has 136 valence electrons. The molecule has 1 unspecified atom stereocenters. The quantitative estimate of drug-likeness (QED) is 0.758. The van der Waals surface area contributed by atoms with Gasteiger partial charge >= 0.3 is 6.09 Å². The number of hydrogen-bond donors (Lipinski definition) is 1. The van der Waals surface area contributed by atoms with E-state index in [0.29, 0.717) is 19.7 Å². The van der Waals surface area contributed by atoms with Crippen molar-refractivity contribution in [2.75, 3.05) is 40.0 Å². The van der Waals surface area contributed by atoms with Crippen LogP contribution in [-0.4, -0.2) is 67.7 Å². The van der Waals surface area contributed by atoms with Crippen molar-refractivity contribution in [2.24, 2.45) is 0 Å². The van der Waals surface area contributed by atoms with Crippen molar-refractivity contribution in [3.63, 3.8) is 0 Å². The zero-order valence-corrected chi connectivity index (χ0v) is 15.8. The highest BCUT2D eigenvalue weighted by Crippen LogP contribution is 2.21. The van der Waals surface area contributed by atoms with Crippen molar-refractivity contribution in [1.29, 1.82) is 0 Å². The molecule has 0 aromatic carbocycles. The van der Waals surface area contributed by atoms with Crippen LogP contribution in [0.1, 0.15) is 48.0 Å². The Morgan fingerprint density at radius 3 is 2.35 bits per heavy atom. The molecule has 1 amide bonds. The average Bonchev–Trinajstić information content (AvgIpc) is 2.84. The lowest BCUT2D eigenvalue weighted by Crippen LogP contribution is -2.51. The summed E-state index contributed by atoms with van der Waals surface area (Å²) in [6.45, 7) is 15.0. The normalized spacial score (nSPS) is 22.2. The number of nitrogens with one attached hydrogen (secondary N) is 1. The van der Waals surface area contributed by atoms with Crippen LogP contribution in [0.3, 0.4) is 0 Å². The molecule has 1 rings (SSSR count). The minimum absolute atomic E-state index is 0.238. The van der Waals surface area contributed by atoms with Gasteiger partial charge in [0.25, 0.3) is 0 Å². The van der Waals surface area contributed by atoms with Gasteiger partial charge in [-0.1, -0.05) is 0 Å². The third kappa shape index (κ3) is 6.65. The van der Waals surface area contributed by atoms with Gasteiger partial charge in [0.2, 0.25) is 0 Å². The fraction of sp³-hybridized carbons (Fsp3) is 0.941. The predicted octanol–water partition coefficient (Wildman–Crippen LogP) is 2.42. The van der Waals surface area contributed by atoms with Crippen molar-refractivity contribution >= 4 is 6.09 Å². The summed E-state index contributed by atoms with van der Waals surface area (Å²) >= 11 is 0. The Kier molecular flexibility index (Phi) is 6.86. The lowest BCUT2D eigenvalue weighted by Gasteiger charge is -2.37. The van der Waals surface area contributed by atoms with Crippen molar-refractivity contribution in [3.05, 3.63) is 0 Å². The second-order valence-corrected chi connectivity index (χ2v) is 8.17. The van der Waals surface area contributed by atoms with Crippen LogP contribution in [-0.2, 0) is 14.2 Å². The molecule has 0 aliphatic carbocycles. The van der Waals surface area contributed by atoms with Crippen LogP contribution in [0.15, 0.2) is 0 Å². The van der Waals surface area contributed by atoms with Crippen molar-refractivity contribution in [1.82, 2.24) is 10.2 Å². The summed E-state index contributed by atoms with van der Waals surface area (Å²) in [5, 5.41) is 3.38. The SMILES string of the molecule is COC1(CNCCN(C(=O)OC(C)(C)C)C(C)(C)C)CCOC1. The van der Waals surface area contributed by atoms with E-state index in [1.54, 1.807) is 12.0 Å². The van der Waals surface area contributed by atoms with Gasteiger partial charge in [0, 0.05) is 45.3 Å². The van der Waals surface area contributed by atoms with Crippen molar-refractivity contribution in [3.8, 4) is 0 Å². The minimum Gasteiger partial charge on any atom is -0.444 e. The second kappa shape index (κ2) is 7.81. The van der Waals surface area contributed by atoms with E-state index in [4.69, 9.17) is 14.2 Å². The third-order valence-electron chi connectivity index (χ3n) is 3.88. The summed E-state index contributed by atoms with van der Waals surface area (Å²) < 4.78 is 16.5. The Balaban J connectivity index is 2.50. The molecule has 0 bridgehead atoms. The molecule has 1 N–H and O–H groups in total. The van der Waals surface area contributed by atoms with Gasteiger partial charge in [-0.25, -0.2) is 4.79 Å². The van der Waals surface area contributed by atoms with E-state index in [9.17, 15) is 4.79 Å². The minimum atomic E-state index is -0.491. The maximum Gasteiger partial charge on any atom is 0.410 e. The molecule has 0 radical (unpaired) electrons. The maximum atomic E-state index is 12.4. The Hall–Kier alpha value is -0.850. The van der Waals surface area contributed by atoms with Gasteiger partial charge in [-0.2, -0.15) is 0 Å². The molecule has 6 nitrogen and oxygen atoms in total. The summed E-state index contributed by atoms with van der Waals surface area (Å²) in [4.78, 5) is 14.2. The maximum absolute atomic E-state index is 12.4. The van der Waals surface area contributed by atoms with E-state index in [1.807, 2.05) is 41.5 Å². The molecule has 6 heteroatoms. The molecule has 23 heavy (non-hydrogen) atoms. The van der Waals surface area contributed by atoms with Crippen LogP contribution in [0.2, 0.25) is 0 Å². The Labute approximate surface area is 140 Å². The summed E-state index contributed by atoms with van der Waals surface area (Å²) in [6, 6.07) is 0. The van der Waals surface area contributed by atoms with Gasteiger partial charge in [-0.15, -0.1) is 0 Å². The highest BCUT2D eigenvalue weighted by molar-refractivity contribution is 5.69.